The van der Waals surface area contributed by atoms with Crippen LogP contribution in [0.5, 0.6) is 0 Å². The maximum absolute atomic E-state index is 15.2. The molecule has 4 rings (SSSR count). The first-order valence-corrected chi connectivity index (χ1v) is 9.54. The summed E-state index contributed by atoms with van der Waals surface area (Å²) in [5.74, 6) is -0.249. The SMILES string of the molecule is OC([C@H](O)CF)N1CC2(CC2)C[C@@H]1Cc1cccc(-c2ccccc2)c1F. The van der Waals surface area contributed by atoms with Crippen molar-refractivity contribution in [3.8, 4) is 11.1 Å². The average molecular weight is 373 g/mol. The first-order valence-electron chi connectivity index (χ1n) is 9.54. The third-order valence-corrected chi connectivity index (χ3v) is 6.07. The number of halogens is 2. The molecular formula is C22H25F2NO2. The first-order chi connectivity index (χ1) is 13.0. The first kappa shape index (κ1) is 18.5. The van der Waals surface area contributed by atoms with Crippen molar-refractivity contribution in [2.45, 2.75) is 44.1 Å². The summed E-state index contributed by atoms with van der Waals surface area (Å²) in [6.45, 7) is -0.356. The van der Waals surface area contributed by atoms with Gasteiger partial charge in [-0.1, -0.05) is 48.5 Å². The van der Waals surface area contributed by atoms with Gasteiger partial charge in [0.2, 0.25) is 0 Å². The van der Waals surface area contributed by atoms with E-state index < -0.39 is 19.0 Å². The van der Waals surface area contributed by atoms with Crippen molar-refractivity contribution in [1.29, 1.82) is 0 Å². The van der Waals surface area contributed by atoms with Crippen molar-refractivity contribution in [3.63, 3.8) is 0 Å². The largest absolute Gasteiger partial charge is 0.386 e. The summed E-state index contributed by atoms with van der Waals surface area (Å²) >= 11 is 0. The fourth-order valence-corrected chi connectivity index (χ4v) is 4.37. The number of aliphatic hydroxyl groups excluding tert-OH is 2. The van der Waals surface area contributed by atoms with Gasteiger partial charge in [-0.3, -0.25) is 4.90 Å². The Morgan fingerprint density at radius 2 is 1.81 bits per heavy atom. The van der Waals surface area contributed by atoms with E-state index in [9.17, 15) is 14.6 Å². The zero-order valence-corrected chi connectivity index (χ0v) is 15.2. The summed E-state index contributed by atoms with van der Waals surface area (Å²) in [7, 11) is 0. The Bertz CT molecular complexity index is 794. The van der Waals surface area contributed by atoms with Gasteiger partial charge >= 0.3 is 0 Å². The normalized spacial score (nSPS) is 23.5. The lowest BCUT2D eigenvalue weighted by molar-refractivity contribution is -0.0960. The van der Waals surface area contributed by atoms with Crippen molar-refractivity contribution >= 4 is 0 Å². The molecule has 144 valence electrons. The number of hydrogen-bond acceptors (Lipinski definition) is 3. The fraction of sp³-hybridized carbons (Fsp3) is 0.455. The van der Waals surface area contributed by atoms with Crippen molar-refractivity contribution < 1.29 is 19.0 Å². The second-order valence-electron chi connectivity index (χ2n) is 8.01. The highest BCUT2D eigenvalue weighted by atomic mass is 19.1. The van der Waals surface area contributed by atoms with Gasteiger partial charge in [0.25, 0.3) is 0 Å². The topological polar surface area (TPSA) is 43.7 Å². The predicted octanol–water partition coefficient (Wildman–Crippen LogP) is 3.54. The van der Waals surface area contributed by atoms with Gasteiger partial charge in [-0.25, -0.2) is 8.78 Å². The molecule has 1 spiro atoms. The maximum Gasteiger partial charge on any atom is 0.136 e. The second kappa shape index (κ2) is 7.30. The molecule has 3 atom stereocenters. The van der Waals surface area contributed by atoms with Gasteiger partial charge in [0.05, 0.1) is 0 Å². The Balaban J connectivity index is 1.59. The van der Waals surface area contributed by atoms with Gasteiger partial charge in [0, 0.05) is 18.2 Å². The molecule has 2 aromatic carbocycles. The molecule has 1 unspecified atom stereocenters. The molecule has 2 fully saturated rings. The highest BCUT2D eigenvalue weighted by Gasteiger charge is 2.53. The van der Waals surface area contributed by atoms with Crippen LogP contribution in [0, 0.1) is 11.2 Å². The third kappa shape index (κ3) is 3.64. The zero-order valence-electron chi connectivity index (χ0n) is 15.2. The molecular weight excluding hydrogens is 348 g/mol. The number of alkyl halides is 1. The molecule has 1 saturated heterocycles. The summed E-state index contributed by atoms with van der Waals surface area (Å²) in [5.41, 5.74) is 2.12. The van der Waals surface area contributed by atoms with Crippen molar-refractivity contribution in [2.24, 2.45) is 5.41 Å². The number of aliphatic hydroxyl groups is 2. The van der Waals surface area contributed by atoms with Crippen LogP contribution in [0.3, 0.4) is 0 Å². The van der Waals surface area contributed by atoms with Crippen LogP contribution in [0.25, 0.3) is 11.1 Å². The third-order valence-electron chi connectivity index (χ3n) is 6.07. The maximum atomic E-state index is 15.2. The Labute approximate surface area is 158 Å². The lowest BCUT2D eigenvalue weighted by atomic mass is 9.95. The van der Waals surface area contributed by atoms with E-state index in [2.05, 4.69) is 0 Å². The standard InChI is InChI=1S/C22H25F2NO2/c23-13-19(26)21(27)25-14-22(9-10-22)12-17(25)11-16-7-4-8-18(20(16)24)15-5-2-1-3-6-15/h1-8,17,19,21,26-27H,9-14H2/t17-,19+,21?/m0/s1. The molecule has 0 radical (unpaired) electrons. The molecule has 2 aliphatic rings. The van der Waals surface area contributed by atoms with E-state index in [4.69, 9.17) is 0 Å². The monoisotopic (exact) mass is 373 g/mol. The van der Waals surface area contributed by atoms with Crippen LogP contribution in [0.2, 0.25) is 0 Å². The van der Waals surface area contributed by atoms with Gasteiger partial charge in [0.1, 0.15) is 24.8 Å². The Morgan fingerprint density at radius 3 is 2.48 bits per heavy atom. The summed E-state index contributed by atoms with van der Waals surface area (Å²) < 4.78 is 28.0. The van der Waals surface area contributed by atoms with Crippen LogP contribution in [-0.4, -0.2) is 46.7 Å². The van der Waals surface area contributed by atoms with Gasteiger partial charge in [-0.2, -0.15) is 0 Å². The van der Waals surface area contributed by atoms with Gasteiger partial charge in [-0.05, 0) is 42.2 Å². The molecule has 27 heavy (non-hydrogen) atoms. The summed E-state index contributed by atoms with van der Waals surface area (Å²) in [5, 5.41) is 20.1. The molecule has 1 heterocycles. The van der Waals surface area contributed by atoms with E-state index in [1.54, 1.807) is 17.0 Å². The van der Waals surface area contributed by atoms with Crippen LogP contribution < -0.4 is 0 Å². The van der Waals surface area contributed by atoms with E-state index in [1.807, 2.05) is 36.4 Å². The van der Waals surface area contributed by atoms with E-state index in [0.717, 1.165) is 24.8 Å². The van der Waals surface area contributed by atoms with E-state index in [-0.39, 0.29) is 17.3 Å². The number of rotatable bonds is 6. The number of benzene rings is 2. The smallest absolute Gasteiger partial charge is 0.136 e. The average Bonchev–Trinajstić information content (AvgIpc) is 3.35. The zero-order chi connectivity index (χ0) is 19.0. The Hall–Kier alpha value is -1.82. The van der Waals surface area contributed by atoms with Crippen molar-refractivity contribution in [3.05, 3.63) is 59.9 Å². The molecule has 1 aliphatic heterocycles. The van der Waals surface area contributed by atoms with E-state index >= 15 is 4.39 Å². The number of nitrogens with zero attached hydrogens (tertiary/aromatic N) is 1. The second-order valence-corrected chi connectivity index (χ2v) is 8.01. The van der Waals surface area contributed by atoms with Crippen LogP contribution in [-0.2, 0) is 6.42 Å². The number of hydrogen-bond donors (Lipinski definition) is 2. The van der Waals surface area contributed by atoms with Crippen LogP contribution in [0.15, 0.2) is 48.5 Å². The van der Waals surface area contributed by atoms with E-state index in [1.165, 1.54) is 0 Å². The Morgan fingerprint density at radius 1 is 1.07 bits per heavy atom. The van der Waals surface area contributed by atoms with Gasteiger partial charge in [0.15, 0.2) is 0 Å². The predicted molar refractivity (Wildman–Crippen MR) is 100 cm³/mol. The van der Waals surface area contributed by atoms with Crippen molar-refractivity contribution in [1.82, 2.24) is 4.90 Å². The molecule has 1 saturated carbocycles. The van der Waals surface area contributed by atoms with Crippen LogP contribution in [0.4, 0.5) is 8.78 Å². The summed E-state index contributed by atoms with van der Waals surface area (Å²) in [4.78, 5) is 1.77. The minimum Gasteiger partial charge on any atom is -0.386 e. The molecule has 5 heteroatoms. The van der Waals surface area contributed by atoms with E-state index in [0.29, 0.717) is 24.1 Å². The fourth-order valence-electron chi connectivity index (χ4n) is 4.37. The molecule has 3 nitrogen and oxygen atoms in total. The quantitative estimate of drug-likeness (QED) is 0.814. The highest BCUT2D eigenvalue weighted by Crippen LogP contribution is 2.55. The number of likely N-dealkylation sites (tertiary alicyclic amines) is 1. The van der Waals surface area contributed by atoms with Crippen LogP contribution >= 0.6 is 0 Å². The van der Waals surface area contributed by atoms with Crippen molar-refractivity contribution in [2.75, 3.05) is 13.2 Å². The lowest BCUT2D eigenvalue weighted by Crippen LogP contribution is -2.48. The lowest BCUT2D eigenvalue weighted by Gasteiger charge is -2.31. The molecule has 2 N–H and O–H groups in total. The van der Waals surface area contributed by atoms with Gasteiger partial charge in [-0.15, -0.1) is 0 Å². The minimum atomic E-state index is -1.43. The molecule has 2 aromatic rings. The molecule has 0 bridgehead atoms. The Kier molecular flexibility index (Phi) is 5.01. The van der Waals surface area contributed by atoms with Crippen LogP contribution in [0.1, 0.15) is 24.8 Å². The van der Waals surface area contributed by atoms with Gasteiger partial charge < -0.3 is 10.2 Å². The summed E-state index contributed by atoms with van der Waals surface area (Å²) in [6.07, 6.45) is 0.750. The molecule has 0 aromatic heterocycles. The molecule has 0 amide bonds. The highest BCUT2D eigenvalue weighted by molar-refractivity contribution is 5.65. The molecule has 1 aliphatic carbocycles. The summed E-state index contributed by atoms with van der Waals surface area (Å²) in [6, 6.07) is 14.7. The minimum absolute atomic E-state index is 0.107.